The Morgan fingerprint density at radius 3 is 2.48 bits per heavy atom. The lowest BCUT2D eigenvalue weighted by atomic mass is 9.97. The van der Waals surface area contributed by atoms with E-state index in [1.165, 1.54) is 36.3 Å². The fourth-order valence-electron chi connectivity index (χ4n) is 4.42. The van der Waals surface area contributed by atoms with Crippen LogP contribution in [0.15, 0.2) is 39.5 Å². The van der Waals surface area contributed by atoms with E-state index in [0.717, 1.165) is 24.2 Å². The van der Waals surface area contributed by atoms with Gasteiger partial charge in [-0.2, -0.15) is 0 Å². The minimum absolute atomic E-state index is 0.139. The molecule has 4 rings (SSSR count). The van der Waals surface area contributed by atoms with Crippen LogP contribution in [0.25, 0.3) is 22.1 Å². The van der Waals surface area contributed by atoms with Gasteiger partial charge in [-0.3, -0.25) is 4.79 Å². The predicted molar refractivity (Wildman–Crippen MR) is 112 cm³/mol. The summed E-state index contributed by atoms with van der Waals surface area (Å²) in [5.74, 6) is 0.379. The van der Waals surface area contributed by atoms with Crippen LogP contribution in [0.4, 0.5) is 4.39 Å². The van der Waals surface area contributed by atoms with Gasteiger partial charge in [0.1, 0.15) is 23.9 Å². The molecule has 1 aliphatic rings. The summed E-state index contributed by atoms with van der Waals surface area (Å²) >= 11 is 0. The molecule has 2 heterocycles. The summed E-state index contributed by atoms with van der Waals surface area (Å²) < 4.78 is 19.5. The van der Waals surface area contributed by atoms with Crippen LogP contribution in [0, 0.1) is 12.7 Å². The zero-order valence-corrected chi connectivity index (χ0v) is 17.0. The number of phenolic OH excluding ortho intramolecular Hbond substituents is 1. The summed E-state index contributed by atoms with van der Waals surface area (Å²) in [5.41, 5.74) is 2.90. The third-order valence-corrected chi connectivity index (χ3v) is 6.01. The van der Waals surface area contributed by atoms with Crippen LogP contribution in [0.5, 0.6) is 5.75 Å². The zero-order chi connectivity index (χ0) is 20.5. The first-order valence-corrected chi connectivity index (χ1v) is 10.4. The second kappa shape index (κ2) is 7.99. The smallest absolute Gasteiger partial charge is 0.200 e. The number of hydrogen-bond donors (Lipinski definition) is 2. The van der Waals surface area contributed by atoms with Crippen molar-refractivity contribution in [1.29, 1.82) is 0 Å². The summed E-state index contributed by atoms with van der Waals surface area (Å²) in [5, 5.41) is 11.4. The molecule has 1 aromatic heterocycles. The van der Waals surface area contributed by atoms with Gasteiger partial charge in [0.2, 0.25) is 5.43 Å². The highest BCUT2D eigenvalue weighted by atomic mass is 19.1. The maximum absolute atomic E-state index is 13.4. The van der Waals surface area contributed by atoms with Crippen LogP contribution >= 0.6 is 0 Å². The van der Waals surface area contributed by atoms with E-state index in [9.17, 15) is 14.3 Å². The van der Waals surface area contributed by atoms with Crippen molar-refractivity contribution in [1.82, 2.24) is 0 Å². The van der Waals surface area contributed by atoms with E-state index in [4.69, 9.17) is 4.42 Å². The van der Waals surface area contributed by atoms with Gasteiger partial charge in [0.05, 0.1) is 29.6 Å². The molecule has 0 unspecified atom stereocenters. The molecule has 0 bridgehead atoms. The van der Waals surface area contributed by atoms with Gasteiger partial charge in [0, 0.05) is 0 Å². The number of benzene rings is 2. The van der Waals surface area contributed by atoms with Crippen LogP contribution < -0.4 is 10.3 Å². The Bertz CT molecular complexity index is 1100. The maximum atomic E-state index is 13.4. The van der Waals surface area contributed by atoms with Gasteiger partial charge in [-0.1, -0.05) is 19.1 Å². The Kier molecular flexibility index (Phi) is 5.41. The summed E-state index contributed by atoms with van der Waals surface area (Å²) in [4.78, 5) is 14.8. The van der Waals surface area contributed by atoms with Gasteiger partial charge < -0.3 is 14.4 Å². The average molecular weight is 396 g/mol. The highest BCUT2D eigenvalue weighted by molar-refractivity contribution is 5.87. The number of aryl methyl sites for hydroxylation is 2. The Labute approximate surface area is 169 Å². The first-order valence-electron chi connectivity index (χ1n) is 10.4. The number of aromatic hydroxyl groups is 1. The molecule has 1 aliphatic heterocycles. The first-order chi connectivity index (χ1) is 14.0. The normalized spacial score (nSPS) is 15.1. The van der Waals surface area contributed by atoms with E-state index < -0.39 is 0 Å². The van der Waals surface area contributed by atoms with Gasteiger partial charge in [-0.15, -0.1) is 0 Å². The number of phenols is 1. The molecule has 152 valence electrons. The van der Waals surface area contributed by atoms with E-state index in [1.54, 1.807) is 25.1 Å². The maximum Gasteiger partial charge on any atom is 0.200 e. The van der Waals surface area contributed by atoms with E-state index >= 15 is 0 Å². The molecule has 5 heteroatoms. The average Bonchev–Trinajstić information content (AvgIpc) is 2.72. The van der Waals surface area contributed by atoms with Crippen molar-refractivity contribution in [2.24, 2.45) is 0 Å². The second-order valence-electron chi connectivity index (χ2n) is 7.95. The van der Waals surface area contributed by atoms with Gasteiger partial charge in [-0.25, -0.2) is 4.39 Å². The van der Waals surface area contributed by atoms with Crippen molar-refractivity contribution in [3.8, 4) is 16.9 Å². The summed E-state index contributed by atoms with van der Waals surface area (Å²) in [6, 6.07) is 7.63. The second-order valence-corrected chi connectivity index (χ2v) is 7.95. The molecule has 1 saturated heterocycles. The van der Waals surface area contributed by atoms with E-state index in [-0.39, 0.29) is 17.0 Å². The molecular weight excluding hydrogens is 369 g/mol. The highest BCUT2D eigenvalue weighted by Gasteiger charge is 2.24. The molecule has 0 saturated carbocycles. The molecule has 0 aliphatic carbocycles. The number of halogens is 1. The van der Waals surface area contributed by atoms with E-state index in [0.29, 0.717) is 40.8 Å². The van der Waals surface area contributed by atoms with Crippen LogP contribution in [-0.2, 0) is 13.0 Å². The predicted octanol–water partition coefficient (Wildman–Crippen LogP) is 3.74. The van der Waals surface area contributed by atoms with Gasteiger partial charge in [-0.05, 0) is 61.9 Å². The molecule has 0 spiro atoms. The number of nitrogens with one attached hydrogen (secondary N) is 1. The molecule has 4 nitrogen and oxygen atoms in total. The van der Waals surface area contributed by atoms with E-state index in [1.807, 2.05) is 6.92 Å². The fourth-order valence-corrected chi connectivity index (χ4v) is 4.42. The summed E-state index contributed by atoms with van der Waals surface area (Å²) in [7, 11) is 0. The molecule has 2 aromatic carbocycles. The Hall–Kier alpha value is -2.66. The van der Waals surface area contributed by atoms with Crippen LogP contribution in [0.2, 0.25) is 0 Å². The summed E-state index contributed by atoms with van der Waals surface area (Å²) in [6.45, 7) is 6.49. The van der Waals surface area contributed by atoms with Gasteiger partial charge in [0.25, 0.3) is 0 Å². The largest absolute Gasteiger partial charge is 0.507 e. The minimum Gasteiger partial charge on any atom is -0.507 e. The standard InChI is InChI=1S/C24H26FNO3/c1-3-16-13-19-23(28)21(17-7-9-18(25)10-8-17)15(2)29-24(19)20(22(16)27)14-26-11-5-4-6-12-26/h7-10,13,27H,3-6,11-12,14H2,1-2H3/p+1. The number of piperidine rings is 1. The molecule has 2 N–H and O–H groups in total. The van der Waals surface area contributed by atoms with Crippen molar-refractivity contribution in [2.45, 2.75) is 46.1 Å². The fraction of sp³-hybridized carbons (Fsp3) is 0.375. The van der Waals surface area contributed by atoms with Gasteiger partial charge in [0.15, 0.2) is 5.58 Å². The van der Waals surface area contributed by atoms with Crippen LogP contribution in [0.3, 0.4) is 0 Å². The molecule has 0 amide bonds. The Balaban J connectivity index is 1.92. The Morgan fingerprint density at radius 1 is 1.14 bits per heavy atom. The lowest BCUT2D eigenvalue weighted by Gasteiger charge is -2.24. The number of likely N-dealkylation sites (tertiary alicyclic amines) is 1. The highest BCUT2D eigenvalue weighted by Crippen LogP contribution is 2.33. The Morgan fingerprint density at radius 2 is 1.83 bits per heavy atom. The van der Waals surface area contributed by atoms with Crippen LogP contribution in [-0.4, -0.2) is 18.2 Å². The number of quaternary nitrogens is 1. The lowest BCUT2D eigenvalue weighted by Crippen LogP contribution is -3.11. The molecule has 29 heavy (non-hydrogen) atoms. The van der Waals surface area contributed by atoms with Crippen molar-refractivity contribution in [3.63, 3.8) is 0 Å². The number of hydrogen-bond acceptors (Lipinski definition) is 3. The van der Waals surface area contributed by atoms with Crippen molar-refractivity contribution in [3.05, 3.63) is 63.3 Å². The zero-order valence-electron chi connectivity index (χ0n) is 17.0. The van der Waals surface area contributed by atoms with Crippen molar-refractivity contribution in [2.75, 3.05) is 13.1 Å². The van der Waals surface area contributed by atoms with Crippen molar-refractivity contribution >= 4 is 11.0 Å². The third-order valence-electron chi connectivity index (χ3n) is 6.01. The minimum atomic E-state index is -0.346. The van der Waals surface area contributed by atoms with E-state index in [2.05, 4.69) is 0 Å². The number of fused-ring (bicyclic) bond motifs is 1. The number of rotatable bonds is 4. The third kappa shape index (κ3) is 3.67. The molecule has 1 fully saturated rings. The quantitative estimate of drug-likeness (QED) is 0.706. The molecule has 0 radical (unpaired) electrons. The van der Waals surface area contributed by atoms with Crippen molar-refractivity contribution < 1.29 is 18.8 Å². The monoisotopic (exact) mass is 396 g/mol. The molecule has 3 aromatic rings. The van der Waals surface area contributed by atoms with Crippen LogP contribution in [0.1, 0.15) is 43.1 Å². The SMILES string of the molecule is CCc1cc2c(=O)c(-c3ccc(F)cc3)c(C)oc2c(C[NH+]2CCCCC2)c1O. The lowest BCUT2D eigenvalue weighted by molar-refractivity contribution is -0.918. The first kappa shape index (κ1) is 19.6. The molecule has 0 atom stereocenters. The summed E-state index contributed by atoms with van der Waals surface area (Å²) in [6.07, 6.45) is 4.24. The van der Waals surface area contributed by atoms with Gasteiger partial charge >= 0.3 is 0 Å². The topological polar surface area (TPSA) is 54.9 Å². The molecular formula is C24H27FNO3+.